The van der Waals surface area contributed by atoms with Gasteiger partial charge < -0.3 is 19.5 Å². The summed E-state index contributed by atoms with van der Waals surface area (Å²) >= 11 is 0. The van der Waals surface area contributed by atoms with Gasteiger partial charge in [-0.3, -0.25) is 4.90 Å². The number of urea groups is 1. The van der Waals surface area contributed by atoms with Gasteiger partial charge in [-0.2, -0.15) is 0 Å². The largest absolute Gasteiger partial charge is 0.425 e. The SMILES string of the molecule is CC(C)NC(=O)N(C)c1ccc(OC(=O)C(C)OCC2CCCCO2)cc1. The molecule has 2 rings (SSSR count). The third-order valence-electron chi connectivity index (χ3n) is 4.30. The van der Waals surface area contributed by atoms with Crippen LogP contribution in [0.4, 0.5) is 10.5 Å². The smallest absolute Gasteiger partial charge is 0.340 e. The van der Waals surface area contributed by atoms with Crippen molar-refractivity contribution in [1.82, 2.24) is 5.32 Å². The van der Waals surface area contributed by atoms with Crippen molar-refractivity contribution in [1.29, 1.82) is 0 Å². The molecule has 0 spiro atoms. The summed E-state index contributed by atoms with van der Waals surface area (Å²) in [6, 6.07) is 6.63. The zero-order valence-corrected chi connectivity index (χ0v) is 16.6. The van der Waals surface area contributed by atoms with Crippen LogP contribution >= 0.6 is 0 Å². The van der Waals surface area contributed by atoms with Crippen molar-refractivity contribution in [2.75, 3.05) is 25.2 Å². The normalized spacial score (nSPS) is 18.0. The minimum absolute atomic E-state index is 0.0562. The fourth-order valence-corrected chi connectivity index (χ4v) is 2.66. The van der Waals surface area contributed by atoms with Crippen molar-refractivity contribution in [3.05, 3.63) is 24.3 Å². The summed E-state index contributed by atoms with van der Waals surface area (Å²) < 4.78 is 16.5. The quantitative estimate of drug-likeness (QED) is 0.583. The van der Waals surface area contributed by atoms with Gasteiger partial charge in [0, 0.05) is 25.4 Å². The number of carbonyl (C=O) groups is 2. The van der Waals surface area contributed by atoms with E-state index in [1.54, 1.807) is 38.2 Å². The van der Waals surface area contributed by atoms with Gasteiger partial charge in [0.15, 0.2) is 6.10 Å². The molecule has 150 valence electrons. The first-order valence-electron chi connectivity index (χ1n) is 9.46. The molecule has 1 saturated heterocycles. The molecule has 1 N–H and O–H groups in total. The topological polar surface area (TPSA) is 77.1 Å². The van der Waals surface area contributed by atoms with Gasteiger partial charge in [0.05, 0.1) is 12.7 Å². The minimum atomic E-state index is -0.672. The highest BCUT2D eigenvalue weighted by molar-refractivity contribution is 5.91. The van der Waals surface area contributed by atoms with E-state index in [4.69, 9.17) is 14.2 Å². The standard InChI is InChI=1S/C20H30N2O5/c1-14(2)21-20(24)22(4)16-8-10-17(11-9-16)27-19(23)15(3)26-13-18-7-5-6-12-25-18/h8-11,14-15,18H,5-7,12-13H2,1-4H3,(H,21,24). The molecule has 27 heavy (non-hydrogen) atoms. The van der Waals surface area contributed by atoms with Crippen molar-refractivity contribution in [3.8, 4) is 5.75 Å². The van der Waals surface area contributed by atoms with E-state index in [0.717, 1.165) is 25.9 Å². The first kappa shape index (κ1) is 21.2. The van der Waals surface area contributed by atoms with Crippen molar-refractivity contribution in [3.63, 3.8) is 0 Å². The molecule has 7 nitrogen and oxygen atoms in total. The van der Waals surface area contributed by atoms with Crippen LogP contribution in [-0.4, -0.2) is 50.5 Å². The highest BCUT2D eigenvalue weighted by Crippen LogP contribution is 2.20. The highest BCUT2D eigenvalue weighted by Gasteiger charge is 2.20. The molecular weight excluding hydrogens is 348 g/mol. The maximum atomic E-state index is 12.2. The van der Waals surface area contributed by atoms with Crippen LogP contribution in [0, 0.1) is 0 Å². The second kappa shape index (κ2) is 10.3. The molecule has 0 bridgehead atoms. The van der Waals surface area contributed by atoms with Crippen molar-refractivity contribution in [2.24, 2.45) is 0 Å². The van der Waals surface area contributed by atoms with Crippen LogP contribution in [-0.2, 0) is 14.3 Å². The van der Waals surface area contributed by atoms with Crippen LogP contribution in [0.25, 0.3) is 0 Å². The molecule has 2 unspecified atom stereocenters. The number of hydrogen-bond acceptors (Lipinski definition) is 5. The average molecular weight is 378 g/mol. The van der Waals surface area contributed by atoms with Gasteiger partial charge in [-0.25, -0.2) is 9.59 Å². The van der Waals surface area contributed by atoms with Gasteiger partial charge >= 0.3 is 12.0 Å². The Balaban J connectivity index is 1.82. The predicted molar refractivity (Wildman–Crippen MR) is 103 cm³/mol. The van der Waals surface area contributed by atoms with E-state index in [1.807, 2.05) is 13.8 Å². The molecular formula is C20H30N2O5. The lowest BCUT2D eigenvalue weighted by molar-refractivity contribution is -0.149. The fraction of sp³-hybridized carbons (Fsp3) is 0.600. The van der Waals surface area contributed by atoms with Crippen molar-refractivity contribution < 1.29 is 23.8 Å². The number of anilines is 1. The summed E-state index contributed by atoms with van der Waals surface area (Å²) in [4.78, 5) is 25.7. The fourth-order valence-electron chi connectivity index (χ4n) is 2.66. The molecule has 0 radical (unpaired) electrons. The third-order valence-corrected chi connectivity index (χ3v) is 4.30. The maximum Gasteiger partial charge on any atom is 0.340 e. The summed E-state index contributed by atoms with van der Waals surface area (Å²) in [6.45, 7) is 6.62. The minimum Gasteiger partial charge on any atom is -0.425 e. The number of carbonyl (C=O) groups excluding carboxylic acids is 2. The van der Waals surface area contributed by atoms with E-state index >= 15 is 0 Å². The molecule has 0 saturated carbocycles. The Morgan fingerprint density at radius 1 is 1.22 bits per heavy atom. The Morgan fingerprint density at radius 3 is 2.52 bits per heavy atom. The summed E-state index contributed by atoms with van der Waals surface area (Å²) in [6.07, 6.45) is 2.55. The summed E-state index contributed by atoms with van der Waals surface area (Å²) in [7, 11) is 1.68. The van der Waals surface area contributed by atoms with Crippen molar-refractivity contribution >= 4 is 17.7 Å². The molecule has 2 atom stereocenters. The monoisotopic (exact) mass is 378 g/mol. The Labute approximate surface area is 161 Å². The first-order valence-corrected chi connectivity index (χ1v) is 9.46. The van der Waals surface area contributed by atoms with Crippen LogP contribution < -0.4 is 15.0 Å². The van der Waals surface area contributed by atoms with Gasteiger partial charge in [-0.05, 0) is 64.3 Å². The van der Waals surface area contributed by atoms with E-state index in [0.29, 0.717) is 18.0 Å². The molecule has 1 fully saturated rings. The van der Waals surface area contributed by atoms with Crippen LogP contribution in [0.2, 0.25) is 0 Å². The lowest BCUT2D eigenvalue weighted by atomic mass is 10.1. The average Bonchev–Trinajstić information content (AvgIpc) is 2.66. The molecule has 1 aliphatic heterocycles. The highest BCUT2D eigenvalue weighted by atomic mass is 16.6. The van der Waals surface area contributed by atoms with E-state index in [9.17, 15) is 9.59 Å². The number of esters is 1. The lowest BCUT2D eigenvalue weighted by Gasteiger charge is -2.23. The molecule has 0 aromatic heterocycles. The Morgan fingerprint density at radius 2 is 1.93 bits per heavy atom. The van der Waals surface area contributed by atoms with E-state index in [1.165, 1.54) is 4.90 Å². The first-order chi connectivity index (χ1) is 12.9. The third kappa shape index (κ3) is 6.84. The molecule has 0 aliphatic carbocycles. The van der Waals surface area contributed by atoms with Crippen LogP contribution in [0.3, 0.4) is 0 Å². The second-order valence-electron chi connectivity index (χ2n) is 7.04. The summed E-state index contributed by atoms with van der Waals surface area (Å²) in [5.41, 5.74) is 0.701. The Kier molecular flexibility index (Phi) is 8.06. The number of hydrogen-bond donors (Lipinski definition) is 1. The Hall–Kier alpha value is -2.12. The van der Waals surface area contributed by atoms with Gasteiger partial charge in [0.25, 0.3) is 0 Å². The number of nitrogens with one attached hydrogen (secondary N) is 1. The second-order valence-corrected chi connectivity index (χ2v) is 7.04. The van der Waals surface area contributed by atoms with Crippen molar-refractivity contribution in [2.45, 2.75) is 58.3 Å². The molecule has 1 aromatic rings. The number of ether oxygens (including phenoxy) is 3. The molecule has 1 aromatic carbocycles. The lowest BCUT2D eigenvalue weighted by Crippen LogP contribution is -2.40. The summed E-state index contributed by atoms with van der Waals surface area (Å²) in [5, 5.41) is 2.82. The van der Waals surface area contributed by atoms with Crippen LogP contribution in [0.15, 0.2) is 24.3 Å². The maximum absolute atomic E-state index is 12.2. The van der Waals surface area contributed by atoms with E-state index in [-0.39, 0.29) is 18.2 Å². The van der Waals surface area contributed by atoms with Gasteiger partial charge in [0.1, 0.15) is 5.75 Å². The van der Waals surface area contributed by atoms with E-state index in [2.05, 4.69) is 5.32 Å². The number of benzene rings is 1. The summed E-state index contributed by atoms with van der Waals surface area (Å²) in [5.74, 6) is -0.0461. The number of amides is 2. The van der Waals surface area contributed by atoms with Crippen LogP contribution in [0.1, 0.15) is 40.0 Å². The molecule has 2 amide bonds. The van der Waals surface area contributed by atoms with Gasteiger partial charge in [-0.15, -0.1) is 0 Å². The molecule has 1 aliphatic rings. The van der Waals surface area contributed by atoms with Crippen LogP contribution in [0.5, 0.6) is 5.75 Å². The van der Waals surface area contributed by atoms with Gasteiger partial charge in [0.2, 0.25) is 0 Å². The predicted octanol–water partition coefficient (Wildman–Crippen LogP) is 3.12. The number of rotatable bonds is 7. The molecule has 7 heteroatoms. The Bertz CT molecular complexity index is 611. The van der Waals surface area contributed by atoms with E-state index < -0.39 is 12.1 Å². The number of nitrogens with zero attached hydrogens (tertiary/aromatic N) is 1. The molecule has 1 heterocycles. The zero-order valence-electron chi connectivity index (χ0n) is 16.6. The van der Waals surface area contributed by atoms with Gasteiger partial charge in [-0.1, -0.05) is 0 Å². The zero-order chi connectivity index (χ0) is 19.8.